The topological polar surface area (TPSA) is 384 Å². The van der Waals surface area contributed by atoms with Crippen molar-refractivity contribution in [2.75, 3.05) is 76.7 Å². The van der Waals surface area contributed by atoms with E-state index in [1.807, 2.05) is 166 Å². The molecule has 29 heteroatoms. The summed E-state index contributed by atoms with van der Waals surface area (Å²) in [7, 11) is 10.8. The first kappa shape index (κ1) is 132. The lowest BCUT2D eigenvalue weighted by atomic mass is 9.70. The van der Waals surface area contributed by atoms with Crippen LogP contribution in [0.15, 0.2) is 0 Å². The second-order valence-corrected chi connectivity index (χ2v) is 43.8. The van der Waals surface area contributed by atoms with E-state index in [-0.39, 0.29) is 298 Å². The molecule has 0 N–H and O–H groups in total. The van der Waals surface area contributed by atoms with Crippen molar-refractivity contribution in [2.45, 2.75) is 371 Å². The van der Waals surface area contributed by atoms with Crippen LogP contribution in [-0.4, -0.2) is 205 Å². The largest absolute Gasteiger partial charge is 0.469 e. The van der Waals surface area contributed by atoms with E-state index in [0.717, 1.165) is 64.2 Å². The van der Waals surface area contributed by atoms with Crippen LogP contribution in [0.3, 0.4) is 0 Å². The summed E-state index contributed by atoms with van der Waals surface area (Å²) in [6, 6.07) is 0. The fraction of sp³-hybridized carbons (Fsp3) is 0.849. The van der Waals surface area contributed by atoms with Crippen LogP contribution in [0.25, 0.3) is 0 Å². The lowest BCUT2D eigenvalue weighted by molar-refractivity contribution is -0.183. The number of rotatable bonds is 39. The summed E-state index contributed by atoms with van der Waals surface area (Å²) in [5, 5.41) is 0. The van der Waals surface area contributed by atoms with Gasteiger partial charge in [0.05, 0.1) is 143 Å². The third-order valence-corrected chi connectivity index (χ3v) is 25.7. The number of hydrogen-bond donors (Lipinski definition) is 0. The summed E-state index contributed by atoms with van der Waals surface area (Å²) in [4.78, 5) is 187. The maximum absolute atomic E-state index is 13.7. The summed E-state index contributed by atoms with van der Waals surface area (Å²) in [5.74, 6) is -3.71. The smallest absolute Gasteiger partial charge is 0.306 e. The Morgan fingerprint density at radius 2 is 0.563 bits per heavy atom. The lowest BCUT2D eigenvalue weighted by Crippen LogP contribution is -2.48. The maximum Gasteiger partial charge on any atom is 0.306 e. The number of carbonyl (C=O) groups excluding carboxylic acids is 16. The van der Waals surface area contributed by atoms with E-state index in [1.54, 1.807) is 13.8 Å². The van der Waals surface area contributed by atoms with Crippen LogP contribution in [0.1, 0.15) is 337 Å². The van der Waals surface area contributed by atoms with Crippen LogP contribution < -0.4 is 0 Å². The van der Waals surface area contributed by atoms with Crippen molar-refractivity contribution in [2.24, 2.45) is 136 Å². The zero-order valence-electron chi connectivity index (χ0n) is 90.9. The van der Waals surface area contributed by atoms with Crippen molar-refractivity contribution >= 4 is 94.0 Å². The number of methoxy groups -OCH3 is 8. The third kappa shape index (κ3) is 51.6. The van der Waals surface area contributed by atoms with E-state index in [4.69, 9.17) is 37.9 Å². The normalized spacial score (nSPS) is 19.8. The number of ether oxygens (including phenoxy) is 12. The number of carbonyl (C=O) groups is 16. The molecule has 5 fully saturated rings. The summed E-state index contributed by atoms with van der Waals surface area (Å²) < 4.78 is 74.0. The molecule has 0 amide bonds. The Morgan fingerprint density at radius 1 is 0.311 bits per heavy atom. The number of Topliss-reactive ketones (excluding diaryl/α,β-unsaturated/α-hetero) is 8. The van der Waals surface area contributed by atoms with Gasteiger partial charge in [-0.15, -0.1) is 0 Å². The van der Waals surface area contributed by atoms with E-state index in [0.29, 0.717) is 19.8 Å². The molecule has 5 aliphatic rings. The molecule has 12 unspecified atom stereocenters. The quantitative estimate of drug-likeness (QED) is 0.0407. The van der Waals surface area contributed by atoms with E-state index in [1.165, 1.54) is 70.7 Å². The first-order valence-electron chi connectivity index (χ1n) is 49.0. The molecule has 1 aliphatic carbocycles. The summed E-state index contributed by atoms with van der Waals surface area (Å²) >= 11 is 0. The molecule has 135 heavy (non-hydrogen) atoms. The van der Waals surface area contributed by atoms with Gasteiger partial charge in [0.2, 0.25) is 0 Å². The van der Waals surface area contributed by atoms with Crippen LogP contribution in [0, 0.1) is 136 Å². The summed E-state index contributed by atoms with van der Waals surface area (Å²) in [6.07, 6.45) is 10.3. The molecule has 0 aromatic carbocycles. The van der Waals surface area contributed by atoms with Gasteiger partial charge in [-0.3, -0.25) is 76.7 Å². The number of hydrogen-bond acceptors (Lipinski definition) is 28. The van der Waals surface area contributed by atoms with Crippen LogP contribution in [0.5, 0.6) is 0 Å². The third-order valence-electron chi connectivity index (χ3n) is 25.7. The second-order valence-electron chi connectivity index (χ2n) is 43.8. The van der Waals surface area contributed by atoms with Gasteiger partial charge in [0, 0.05) is 109 Å². The molecule has 0 bridgehead atoms. The van der Waals surface area contributed by atoms with Crippen molar-refractivity contribution < 1.29 is 138 Å². The SMILES string of the molecule is COC(=O)CC(C(=O)C(C)C)C(C)(C)C.COC(=O)CC(C(=O)C(C)C)C(C)(C)F.COC(=O)CC(C(=O)C(C)C)C(C)C.COC(=O)CC(C(=O)C(C)C)C(C)C.COC(=O)CC(C(=O)C(C)C)C1CC(C)(C)OC(C)(C)C1.COC(=O)CC(C(=O)C(C)C)C1CCOC(C)(C)C1.COC(=O)CC(C(=O)C(C)C)C1CCOC(C)C1.COC(=O)CC(C(=O)C(C)C)C1CCOC2(CC2)C1. The molecule has 0 radical (unpaired) electrons. The van der Waals surface area contributed by atoms with Crippen molar-refractivity contribution in [1.29, 1.82) is 0 Å². The molecule has 4 aliphatic heterocycles. The molecule has 4 saturated heterocycles. The van der Waals surface area contributed by atoms with Crippen molar-refractivity contribution in [3.8, 4) is 0 Å². The monoisotopic (exact) mass is 1930 g/mol. The Labute approximate surface area is 811 Å². The van der Waals surface area contributed by atoms with Gasteiger partial charge in [-0.25, -0.2) is 4.39 Å². The highest BCUT2D eigenvalue weighted by atomic mass is 19.1. The van der Waals surface area contributed by atoms with Gasteiger partial charge in [0.1, 0.15) is 51.9 Å². The highest BCUT2D eigenvalue weighted by Crippen LogP contribution is 2.51. The van der Waals surface area contributed by atoms with Crippen LogP contribution in [0.4, 0.5) is 4.39 Å². The first-order valence-corrected chi connectivity index (χ1v) is 49.0. The van der Waals surface area contributed by atoms with Gasteiger partial charge in [-0.2, -0.15) is 0 Å². The van der Waals surface area contributed by atoms with E-state index in [2.05, 4.69) is 46.6 Å². The molecule has 28 nitrogen and oxygen atoms in total. The van der Waals surface area contributed by atoms with Crippen LogP contribution >= 0.6 is 0 Å². The minimum Gasteiger partial charge on any atom is -0.469 e. The minimum atomic E-state index is -1.70. The Morgan fingerprint density at radius 3 is 0.830 bits per heavy atom. The second kappa shape index (κ2) is 62.8. The molecule has 784 valence electrons. The first-order chi connectivity index (χ1) is 61.8. The molecule has 1 spiro atoms. The van der Waals surface area contributed by atoms with Crippen LogP contribution in [-0.2, 0) is 134 Å². The molecular weight excluding hydrogens is 1740 g/mol. The molecule has 5 rings (SSSR count). The van der Waals surface area contributed by atoms with E-state index < -0.39 is 17.6 Å². The summed E-state index contributed by atoms with van der Waals surface area (Å²) in [5.41, 5.74) is -2.63. The molecule has 12 atom stereocenters. The van der Waals surface area contributed by atoms with Crippen molar-refractivity contribution in [3.63, 3.8) is 0 Å². The average Bonchev–Trinajstić information content (AvgIpc) is 1.70. The molecule has 1 saturated carbocycles. The fourth-order valence-electron chi connectivity index (χ4n) is 17.7. The Hall–Kier alpha value is -7.11. The number of halogens is 1. The maximum atomic E-state index is 13.7. The average molecular weight is 1930 g/mol. The Kier molecular flexibility index (Phi) is 61.5. The highest BCUT2D eigenvalue weighted by Gasteiger charge is 2.51. The van der Waals surface area contributed by atoms with Crippen molar-refractivity contribution in [3.05, 3.63) is 0 Å². The molecule has 0 aromatic rings. The lowest BCUT2D eigenvalue weighted by Gasteiger charge is -2.47. The Balaban J connectivity index is -0.00000148. The molecule has 4 heterocycles. The van der Waals surface area contributed by atoms with Gasteiger partial charge in [0.15, 0.2) is 0 Å². The Bertz CT molecular complexity index is 3500. The predicted molar refractivity (Wildman–Crippen MR) is 518 cm³/mol. The minimum absolute atomic E-state index is 0.0212. The zero-order valence-corrected chi connectivity index (χ0v) is 90.9. The fourth-order valence-corrected chi connectivity index (χ4v) is 17.7. The number of esters is 8. The number of ketones is 8. The standard InChI is InChI=1S/C17H30O4.C15H24O4.C15H26O4.C14H24O4.C12H22O3.C11H19FO3.2C11H20O3/c1-11(2)15(19)13(8-14(18)20-7)12-9-16(3,4)21-17(5,6)10-12;1-10(2)14(17)12(8-13(16)18-3)11-4-7-19-15(9-11)5-6-15;1-10(2)14(17)12(8-13(16)18-5)11-6-7-19-15(3,4)9-11;1-9(2)14(16)12(8-13(15)17-4)11-5-6-18-10(3)7-11;1-8(2)11(14)9(12(3,4)5)7-10(13)15-6;1-7(2)10(14)8(11(3,4)12)6-9(13)15-5;2*1-7(2)9(6-10(12)14-5)11(13)8(3)4/h11-13H,8-10H2,1-7H3;10-12H,4-9H2,1-3H3;10-12H,6-9H2,1-5H3;9-12H,5-8H2,1-4H3;8-9H,7H2,1-6H3;7-8H,6H2,1-5H3;2*7-9H,6H2,1-5H3. The van der Waals surface area contributed by atoms with Gasteiger partial charge in [0.25, 0.3) is 0 Å². The van der Waals surface area contributed by atoms with Gasteiger partial charge < -0.3 is 56.8 Å². The van der Waals surface area contributed by atoms with Crippen molar-refractivity contribution in [1.82, 2.24) is 0 Å². The zero-order chi connectivity index (χ0) is 106. The molecule has 0 aromatic heterocycles. The van der Waals surface area contributed by atoms with E-state index >= 15 is 0 Å². The number of alkyl halides is 1. The van der Waals surface area contributed by atoms with Gasteiger partial charge >= 0.3 is 47.8 Å². The van der Waals surface area contributed by atoms with E-state index in [9.17, 15) is 81.1 Å². The van der Waals surface area contributed by atoms with Gasteiger partial charge in [-0.05, 0) is 167 Å². The van der Waals surface area contributed by atoms with Gasteiger partial charge in [-0.1, -0.05) is 159 Å². The van der Waals surface area contributed by atoms with Crippen LogP contribution in [0.2, 0.25) is 0 Å². The summed E-state index contributed by atoms with van der Waals surface area (Å²) in [6.45, 7) is 62.3. The predicted octanol–water partition coefficient (Wildman–Crippen LogP) is 19.2. The molecular formula is C106H185FO28. The highest BCUT2D eigenvalue weighted by molar-refractivity contribution is 5.92.